The van der Waals surface area contributed by atoms with E-state index in [4.69, 9.17) is 16.3 Å². The van der Waals surface area contributed by atoms with Crippen molar-refractivity contribution in [1.29, 1.82) is 0 Å². The van der Waals surface area contributed by atoms with Crippen LogP contribution in [0.4, 0.5) is 34.5 Å². The van der Waals surface area contributed by atoms with E-state index in [1.165, 1.54) is 56.6 Å². The van der Waals surface area contributed by atoms with Gasteiger partial charge in [0.25, 0.3) is 0 Å². The van der Waals surface area contributed by atoms with E-state index in [9.17, 15) is 8.42 Å². The number of sulfonamides is 1. The van der Waals surface area contributed by atoms with Gasteiger partial charge in [-0.25, -0.2) is 13.4 Å². The molecule has 266 valence electrons. The maximum atomic E-state index is 12.6. The van der Waals surface area contributed by atoms with Crippen LogP contribution in [0.3, 0.4) is 0 Å². The van der Waals surface area contributed by atoms with Crippen LogP contribution in [0, 0.1) is 0 Å². The van der Waals surface area contributed by atoms with Crippen molar-refractivity contribution in [2.45, 2.75) is 57.2 Å². The van der Waals surface area contributed by atoms with Crippen LogP contribution in [0.5, 0.6) is 5.75 Å². The fourth-order valence-corrected chi connectivity index (χ4v) is 8.44. The second-order valence-corrected chi connectivity index (χ2v) is 16.0. The number of ether oxygens (including phenoxy) is 1. The Balaban J connectivity index is 1.11. The molecule has 0 amide bonds. The Kier molecular flexibility index (Phi) is 9.63. The molecule has 8 rings (SSSR count). The number of aromatic nitrogens is 4. The van der Waals surface area contributed by atoms with Crippen molar-refractivity contribution in [3.63, 3.8) is 0 Å². The molecule has 2 unspecified atom stereocenters. The number of benzene rings is 2. The Morgan fingerprint density at radius 1 is 0.980 bits per heavy atom. The summed E-state index contributed by atoms with van der Waals surface area (Å²) >= 11 is 6.58. The zero-order chi connectivity index (χ0) is 35.2. The molecule has 0 aliphatic carbocycles. The molecule has 4 saturated heterocycles. The van der Waals surface area contributed by atoms with Gasteiger partial charge in [-0.05, 0) is 62.9 Å². The first-order valence-electron chi connectivity index (χ1n) is 17.2. The largest absolute Gasteiger partial charge is 0.494 e. The number of hydrogen-bond acceptors (Lipinski definition) is 12. The average Bonchev–Trinajstić information content (AvgIpc) is 3.12. The molecule has 2 aromatic carbocycles. The lowest BCUT2D eigenvalue weighted by molar-refractivity contribution is -0.0360. The first kappa shape index (κ1) is 34.5. The van der Waals surface area contributed by atoms with Gasteiger partial charge in [0.05, 0.1) is 36.5 Å². The van der Waals surface area contributed by atoms with Gasteiger partial charge in [-0.1, -0.05) is 18.5 Å². The topological polar surface area (TPSA) is 132 Å². The Labute approximate surface area is 299 Å². The molecule has 4 aromatic rings. The lowest BCUT2D eigenvalue weighted by atomic mass is 9.88. The third kappa shape index (κ3) is 6.73. The van der Waals surface area contributed by atoms with Crippen molar-refractivity contribution in [2.24, 2.45) is 0 Å². The van der Waals surface area contributed by atoms with E-state index in [2.05, 4.69) is 71.4 Å². The first-order chi connectivity index (χ1) is 24.0. The van der Waals surface area contributed by atoms with E-state index in [0.29, 0.717) is 58.0 Å². The molecule has 2 aromatic heterocycles. The molecule has 0 saturated carbocycles. The van der Waals surface area contributed by atoms with Gasteiger partial charge >= 0.3 is 0 Å². The molecule has 4 aliphatic rings. The summed E-state index contributed by atoms with van der Waals surface area (Å²) in [6, 6.07) is 9.78. The molecule has 4 fully saturated rings. The normalized spacial score (nSPS) is 20.3. The summed E-state index contributed by atoms with van der Waals surface area (Å²) in [5.74, 6) is 1.28. The zero-order valence-electron chi connectivity index (χ0n) is 29.2. The Morgan fingerprint density at radius 3 is 2.42 bits per heavy atom. The van der Waals surface area contributed by atoms with E-state index in [-0.39, 0.29) is 5.02 Å². The summed E-state index contributed by atoms with van der Waals surface area (Å²) in [5.41, 5.74) is 4.89. The molecule has 2 bridgehead atoms. The van der Waals surface area contributed by atoms with E-state index in [0.717, 1.165) is 48.6 Å². The number of nitrogens with one attached hydrogen (secondary N) is 2. The molecular formula is C35H45ClN10O3S. The Bertz CT molecular complexity index is 1990. The van der Waals surface area contributed by atoms with Crippen molar-refractivity contribution >= 4 is 67.2 Å². The van der Waals surface area contributed by atoms with Crippen molar-refractivity contribution in [3.05, 3.63) is 53.4 Å². The number of aryl methyl sites for hydroxylation is 1. The van der Waals surface area contributed by atoms with Crippen LogP contribution >= 0.6 is 11.6 Å². The zero-order valence-corrected chi connectivity index (χ0v) is 30.8. The number of rotatable bonds is 10. The summed E-state index contributed by atoms with van der Waals surface area (Å²) in [6.45, 7) is 6.61. The van der Waals surface area contributed by atoms with Crippen molar-refractivity contribution < 1.29 is 13.2 Å². The van der Waals surface area contributed by atoms with Crippen LogP contribution in [-0.2, 0) is 16.4 Å². The predicted molar refractivity (Wildman–Crippen MR) is 200 cm³/mol. The second-order valence-electron chi connectivity index (χ2n) is 13.5. The number of nitrogens with zero attached hydrogens (tertiary/aromatic N) is 8. The SMILES string of the molecule is CCc1cc(Nc2ncc(Cl)c(Nc3ccc4nccnc4c3N(C)S(C)(=O)=O)n2)c(OC)cc1N1CCC(N2CC3CCC2CN3C)CC1. The van der Waals surface area contributed by atoms with Gasteiger partial charge in [-0.3, -0.25) is 19.2 Å². The third-order valence-corrected chi connectivity index (χ3v) is 12.0. The Morgan fingerprint density at radius 2 is 1.74 bits per heavy atom. The van der Waals surface area contributed by atoms with Crippen molar-refractivity contribution in [2.75, 3.05) is 73.5 Å². The standard InChI is InChI=1S/C35H45ClN10O3S/c1-6-22-17-29(31(49-4)18-30(22)45-15-11-23(12-16-45)46-21-24-7-8-25(46)20-43(24)2)41-35-39-19-26(36)34(42-35)40-28-10-9-27-32(38-14-13-37-27)33(28)44(3)50(5,47)48/h9-10,13-14,17-19,23-25H,6-8,11-12,15-16,20-21H2,1-5H3,(H2,39,40,41,42). The lowest BCUT2D eigenvalue weighted by Gasteiger charge is -2.54. The quantitative estimate of drug-likeness (QED) is 0.221. The fourth-order valence-electron chi connectivity index (χ4n) is 7.79. The number of methoxy groups -OCH3 is 1. The molecule has 6 heterocycles. The van der Waals surface area contributed by atoms with E-state index < -0.39 is 10.0 Å². The van der Waals surface area contributed by atoms with Crippen LogP contribution in [0.25, 0.3) is 11.0 Å². The van der Waals surface area contributed by atoms with Gasteiger partial charge < -0.3 is 25.2 Å². The van der Waals surface area contributed by atoms with E-state index in [1.807, 2.05) is 0 Å². The molecular weight excluding hydrogens is 676 g/mol. The van der Waals surface area contributed by atoms with Crippen LogP contribution in [-0.4, -0.2) is 110 Å². The number of likely N-dealkylation sites (N-methyl/N-ethyl adjacent to an activating group) is 1. The number of hydrogen-bond donors (Lipinski definition) is 2. The molecule has 50 heavy (non-hydrogen) atoms. The Hall–Kier alpha value is -3.98. The maximum Gasteiger partial charge on any atom is 0.232 e. The number of piperidine rings is 3. The highest BCUT2D eigenvalue weighted by Crippen LogP contribution is 2.40. The van der Waals surface area contributed by atoms with Crippen molar-refractivity contribution in [1.82, 2.24) is 29.7 Å². The maximum absolute atomic E-state index is 12.6. The summed E-state index contributed by atoms with van der Waals surface area (Å²) in [5, 5.41) is 6.81. The molecule has 0 spiro atoms. The van der Waals surface area contributed by atoms with Gasteiger partial charge in [-0.15, -0.1) is 0 Å². The fraction of sp³-hybridized carbons (Fsp3) is 0.486. The summed E-state index contributed by atoms with van der Waals surface area (Å²) in [6.07, 6.45) is 11.6. The van der Waals surface area contributed by atoms with Gasteiger partial charge in [0.15, 0.2) is 5.82 Å². The average molecular weight is 721 g/mol. The molecule has 15 heteroatoms. The molecule has 0 radical (unpaired) electrons. The smallest absolute Gasteiger partial charge is 0.232 e. The van der Waals surface area contributed by atoms with Crippen LogP contribution in [0.15, 0.2) is 42.9 Å². The first-order valence-corrected chi connectivity index (χ1v) is 19.4. The monoisotopic (exact) mass is 720 g/mol. The highest BCUT2D eigenvalue weighted by atomic mass is 35.5. The molecule has 13 nitrogen and oxygen atoms in total. The lowest BCUT2D eigenvalue weighted by Crippen LogP contribution is -2.64. The number of halogens is 1. The summed E-state index contributed by atoms with van der Waals surface area (Å²) in [4.78, 5) is 25.8. The van der Waals surface area contributed by atoms with Crippen LogP contribution in [0.2, 0.25) is 5.02 Å². The van der Waals surface area contributed by atoms with E-state index in [1.54, 1.807) is 25.4 Å². The van der Waals surface area contributed by atoms with Gasteiger partial charge in [-0.2, -0.15) is 4.98 Å². The van der Waals surface area contributed by atoms with E-state index >= 15 is 0 Å². The third-order valence-electron chi connectivity index (χ3n) is 10.6. The second kappa shape index (κ2) is 14.0. The predicted octanol–water partition coefficient (Wildman–Crippen LogP) is 5.27. The molecule has 2 atom stereocenters. The van der Waals surface area contributed by atoms with Crippen molar-refractivity contribution in [3.8, 4) is 5.75 Å². The van der Waals surface area contributed by atoms with Gasteiger partial charge in [0.2, 0.25) is 16.0 Å². The summed E-state index contributed by atoms with van der Waals surface area (Å²) < 4.78 is 32.3. The number of fused-ring (bicyclic) bond motifs is 4. The molecule has 4 aliphatic heterocycles. The summed E-state index contributed by atoms with van der Waals surface area (Å²) in [7, 11) is 1.79. The highest BCUT2D eigenvalue weighted by Gasteiger charge is 2.41. The van der Waals surface area contributed by atoms with Crippen LogP contribution in [0.1, 0.15) is 38.2 Å². The molecule has 2 N–H and O–H groups in total. The minimum Gasteiger partial charge on any atom is -0.494 e. The van der Waals surface area contributed by atoms with Gasteiger partial charge in [0.1, 0.15) is 22.0 Å². The number of piperazine rings is 1. The number of anilines is 6. The highest BCUT2D eigenvalue weighted by molar-refractivity contribution is 7.92. The minimum absolute atomic E-state index is 0.257. The van der Waals surface area contributed by atoms with Gasteiger partial charge in [0, 0.05) is 75.5 Å². The minimum atomic E-state index is -3.63. The van der Waals surface area contributed by atoms with Crippen LogP contribution < -0.4 is 24.6 Å².